The number of carbonyl (C=O) groups is 1. The van der Waals surface area contributed by atoms with Crippen LogP contribution in [-0.4, -0.2) is 21.0 Å². The smallest absolute Gasteiger partial charge is 0.228 e. The van der Waals surface area contributed by atoms with Crippen LogP contribution in [0.15, 0.2) is 24.3 Å². The topological polar surface area (TPSA) is 53.2 Å². The number of benzene rings is 1. The standard InChI is InChI=1S/C13H15Cl4N3OS/c1-7(2)10(21)19-11(13(15,16)17)20-12(22)18-9-5-3-8(14)4-6-9/h3-7,11H,1-2H3,(H,19,21)(H2,18,20,22)/t11-/m1/s1. The number of hydrogen-bond donors (Lipinski definition) is 3. The maximum absolute atomic E-state index is 11.8. The van der Waals surface area contributed by atoms with Gasteiger partial charge in [0.2, 0.25) is 9.70 Å². The predicted octanol–water partition coefficient (Wildman–Crippen LogP) is 4.09. The normalized spacial score (nSPS) is 12.7. The Morgan fingerprint density at radius 2 is 1.68 bits per heavy atom. The number of anilines is 1. The number of carbonyl (C=O) groups excluding carboxylic acids is 1. The van der Waals surface area contributed by atoms with E-state index in [4.69, 9.17) is 58.6 Å². The molecule has 1 rings (SSSR count). The van der Waals surface area contributed by atoms with E-state index in [1.165, 1.54) is 0 Å². The van der Waals surface area contributed by atoms with E-state index < -0.39 is 9.96 Å². The van der Waals surface area contributed by atoms with Crippen molar-refractivity contribution in [2.45, 2.75) is 23.8 Å². The molecule has 0 saturated carbocycles. The molecule has 1 amide bonds. The van der Waals surface area contributed by atoms with Crippen LogP contribution in [0.25, 0.3) is 0 Å². The van der Waals surface area contributed by atoms with Crippen molar-refractivity contribution in [1.29, 1.82) is 0 Å². The zero-order valence-corrected chi connectivity index (χ0v) is 15.6. The molecule has 1 aromatic rings. The van der Waals surface area contributed by atoms with E-state index in [9.17, 15) is 4.79 Å². The fourth-order valence-corrected chi connectivity index (χ4v) is 2.03. The van der Waals surface area contributed by atoms with Gasteiger partial charge in [-0.1, -0.05) is 60.3 Å². The molecule has 0 saturated heterocycles. The Morgan fingerprint density at radius 1 is 1.14 bits per heavy atom. The van der Waals surface area contributed by atoms with E-state index in [0.29, 0.717) is 10.7 Å². The quantitative estimate of drug-likeness (QED) is 0.403. The number of rotatable bonds is 4. The van der Waals surface area contributed by atoms with Gasteiger partial charge in [-0.15, -0.1) is 0 Å². The minimum absolute atomic E-state index is 0.197. The number of halogens is 4. The van der Waals surface area contributed by atoms with Gasteiger partial charge in [0.25, 0.3) is 0 Å². The van der Waals surface area contributed by atoms with Gasteiger partial charge in [0.1, 0.15) is 6.17 Å². The maximum Gasteiger partial charge on any atom is 0.228 e. The highest BCUT2D eigenvalue weighted by molar-refractivity contribution is 7.80. The van der Waals surface area contributed by atoms with Crippen molar-refractivity contribution < 1.29 is 4.79 Å². The molecular weight excluding hydrogens is 388 g/mol. The Morgan fingerprint density at radius 3 is 2.14 bits per heavy atom. The molecule has 4 nitrogen and oxygen atoms in total. The van der Waals surface area contributed by atoms with Crippen molar-refractivity contribution in [1.82, 2.24) is 10.6 Å². The van der Waals surface area contributed by atoms with Crippen LogP contribution in [0.4, 0.5) is 5.69 Å². The maximum atomic E-state index is 11.8. The van der Waals surface area contributed by atoms with Crippen molar-refractivity contribution in [2.75, 3.05) is 5.32 Å². The SMILES string of the molecule is CC(C)C(=O)N[C@H](NC(=S)Nc1ccc(Cl)cc1)C(Cl)(Cl)Cl. The molecule has 0 aromatic heterocycles. The van der Waals surface area contributed by atoms with E-state index >= 15 is 0 Å². The minimum atomic E-state index is -1.77. The average Bonchev–Trinajstić information content (AvgIpc) is 2.39. The monoisotopic (exact) mass is 401 g/mol. The number of amides is 1. The van der Waals surface area contributed by atoms with Gasteiger partial charge in [-0.2, -0.15) is 0 Å². The molecule has 0 bridgehead atoms. The summed E-state index contributed by atoms with van der Waals surface area (Å²) >= 11 is 28.5. The highest BCUT2D eigenvalue weighted by atomic mass is 35.6. The Bertz CT molecular complexity index is 531. The Hall–Kier alpha value is -0.460. The van der Waals surface area contributed by atoms with Gasteiger partial charge in [-0.05, 0) is 36.5 Å². The first-order valence-electron chi connectivity index (χ1n) is 6.29. The lowest BCUT2D eigenvalue weighted by atomic mass is 10.2. The second-order valence-corrected chi connectivity index (χ2v) is 7.96. The summed E-state index contributed by atoms with van der Waals surface area (Å²) in [5.74, 6) is -0.521. The van der Waals surface area contributed by atoms with Crippen molar-refractivity contribution in [3.8, 4) is 0 Å². The molecule has 9 heteroatoms. The molecule has 0 aliphatic heterocycles. The second-order valence-electron chi connectivity index (χ2n) is 4.74. The Kier molecular flexibility index (Phi) is 7.49. The summed E-state index contributed by atoms with van der Waals surface area (Å²) < 4.78 is -1.77. The molecule has 1 atom stereocenters. The van der Waals surface area contributed by atoms with E-state index in [1.807, 2.05) is 0 Å². The van der Waals surface area contributed by atoms with Gasteiger partial charge in [0.05, 0.1) is 0 Å². The summed E-state index contributed by atoms with van der Waals surface area (Å²) in [5, 5.41) is 9.06. The van der Waals surface area contributed by atoms with Crippen molar-refractivity contribution in [2.24, 2.45) is 5.92 Å². The zero-order chi connectivity index (χ0) is 16.9. The van der Waals surface area contributed by atoms with Crippen molar-refractivity contribution in [3.63, 3.8) is 0 Å². The summed E-state index contributed by atoms with van der Waals surface area (Å²) in [5.41, 5.74) is 0.708. The third-order valence-corrected chi connectivity index (χ3v) is 3.64. The third kappa shape index (κ3) is 6.75. The van der Waals surface area contributed by atoms with Crippen LogP contribution in [0.3, 0.4) is 0 Å². The van der Waals surface area contributed by atoms with Crippen LogP contribution in [0.1, 0.15) is 13.8 Å². The van der Waals surface area contributed by atoms with E-state index in [-0.39, 0.29) is 16.9 Å². The van der Waals surface area contributed by atoms with Crippen molar-refractivity contribution in [3.05, 3.63) is 29.3 Å². The lowest BCUT2D eigenvalue weighted by Crippen LogP contribution is -2.56. The van der Waals surface area contributed by atoms with Gasteiger partial charge in [-0.25, -0.2) is 0 Å². The third-order valence-electron chi connectivity index (χ3n) is 2.52. The summed E-state index contributed by atoms with van der Waals surface area (Å²) in [6, 6.07) is 6.90. The van der Waals surface area contributed by atoms with Crippen LogP contribution in [-0.2, 0) is 4.79 Å². The minimum Gasteiger partial charge on any atom is -0.339 e. The lowest BCUT2D eigenvalue weighted by Gasteiger charge is -2.28. The average molecular weight is 403 g/mol. The summed E-state index contributed by atoms with van der Waals surface area (Å²) in [7, 11) is 0. The fraction of sp³-hybridized carbons (Fsp3) is 0.385. The Labute approximate surface area is 154 Å². The van der Waals surface area contributed by atoms with E-state index in [2.05, 4.69) is 16.0 Å². The lowest BCUT2D eigenvalue weighted by molar-refractivity contribution is -0.124. The number of hydrogen-bond acceptors (Lipinski definition) is 2. The highest BCUT2D eigenvalue weighted by Gasteiger charge is 2.35. The molecule has 0 aliphatic rings. The van der Waals surface area contributed by atoms with Crippen LogP contribution in [0.2, 0.25) is 5.02 Å². The largest absolute Gasteiger partial charge is 0.339 e. The van der Waals surface area contributed by atoms with E-state index in [1.54, 1.807) is 38.1 Å². The molecule has 0 spiro atoms. The first-order valence-corrected chi connectivity index (χ1v) is 8.22. The summed E-state index contributed by atoms with van der Waals surface area (Å²) in [6.45, 7) is 3.46. The van der Waals surface area contributed by atoms with Crippen LogP contribution < -0.4 is 16.0 Å². The van der Waals surface area contributed by atoms with Crippen LogP contribution in [0.5, 0.6) is 0 Å². The highest BCUT2D eigenvalue weighted by Crippen LogP contribution is 2.29. The molecule has 0 heterocycles. The summed E-state index contributed by atoms with van der Waals surface area (Å²) in [6.07, 6.45) is -0.972. The second kappa shape index (κ2) is 8.41. The zero-order valence-electron chi connectivity index (χ0n) is 11.8. The fourth-order valence-electron chi connectivity index (χ4n) is 1.34. The van der Waals surface area contributed by atoms with Gasteiger partial charge in [0.15, 0.2) is 5.11 Å². The first-order chi connectivity index (χ1) is 10.1. The van der Waals surface area contributed by atoms with E-state index in [0.717, 1.165) is 0 Å². The molecule has 0 unspecified atom stereocenters. The molecule has 3 N–H and O–H groups in total. The number of alkyl halides is 3. The molecule has 0 aliphatic carbocycles. The molecule has 0 radical (unpaired) electrons. The van der Waals surface area contributed by atoms with Crippen LogP contribution >= 0.6 is 58.6 Å². The summed E-state index contributed by atoms with van der Waals surface area (Å²) in [4.78, 5) is 11.8. The van der Waals surface area contributed by atoms with Gasteiger partial charge in [0, 0.05) is 16.6 Å². The van der Waals surface area contributed by atoms with Gasteiger partial charge >= 0.3 is 0 Å². The van der Waals surface area contributed by atoms with Crippen LogP contribution in [0, 0.1) is 5.92 Å². The Balaban J connectivity index is 2.70. The molecular formula is C13H15Cl4N3OS. The van der Waals surface area contributed by atoms with Crippen molar-refractivity contribution >= 4 is 75.3 Å². The molecule has 22 heavy (non-hydrogen) atoms. The molecule has 0 fully saturated rings. The number of thiocarbonyl (C=S) groups is 1. The number of nitrogens with one attached hydrogen (secondary N) is 3. The van der Waals surface area contributed by atoms with Gasteiger partial charge < -0.3 is 16.0 Å². The molecule has 1 aromatic carbocycles. The molecule has 122 valence electrons. The predicted molar refractivity (Wildman–Crippen MR) is 97.9 cm³/mol. The first kappa shape index (κ1) is 19.6. The van der Waals surface area contributed by atoms with Gasteiger partial charge in [-0.3, -0.25) is 4.79 Å².